The SMILES string of the molecule is CC(=O)N(Cc1ccco1)[C@H]1CC(=O)N(c2ccccc2)C1=O. The number of furan rings is 1. The van der Waals surface area contributed by atoms with Crippen LogP contribution in [0.4, 0.5) is 5.69 Å². The third-order valence-corrected chi connectivity index (χ3v) is 3.82. The van der Waals surface area contributed by atoms with E-state index < -0.39 is 6.04 Å². The molecule has 1 aliphatic rings. The second-order valence-electron chi connectivity index (χ2n) is 5.35. The molecule has 1 aromatic carbocycles. The molecule has 0 bridgehead atoms. The van der Waals surface area contributed by atoms with E-state index >= 15 is 0 Å². The van der Waals surface area contributed by atoms with Crippen molar-refractivity contribution in [3.8, 4) is 0 Å². The normalized spacial score (nSPS) is 17.6. The molecule has 1 fully saturated rings. The maximum Gasteiger partial charge on any atom is 0.257 e. The predicted molar refractivity (Wildman–Crippen MR) is 82.3 cm³/mol. The minimum absolute atomic E-state index is 0.0198. The molecule has 1 aromatic heterocycles. The molecule has 23 heavy (non-hydrogen) atoms. The van der Waals surface area contributed by atoms with E-state index in [9.17, 15) is 14.4 Å². The average Bonchev–Trinajstić information content (AvgIpc) is 3.13. The monoisotopic (exact) mass is 312 g/mol. The number of amides is 3. The van der Waals surface area contributed by atoms with Gasteiger partial charge in [-0.3, -0.25) is 14.4 Å². The second-order valence-corrected chi connectivity index (χ2v) is 5.35. The van der Waals surface area contributed by atoms with E-state index in [1.54, 1.807) is 36.4 Å². The Balaban J connectivity index is 1.86. The van der Waals surface area contributed by atoms with Gasteiger partial charge in [-0.1, -0.05) is 18.2 Å². The smallest absolute Gasteiger partial charge is 0.257 e. The van der Waals surface area contributed by atoms with Gasteiger partial charge >= 0.3 is 0 Å². The number of anilines is 1. The van der Waals surface area contributed by atoms with E-state index in [1.807, 2.05) is 6.07 Å². The molecule has 0 N–H and O–H groups in total. The van der Waals surface area contributed by atoms with Crippen molar-refractivity contribution < 1.29 is 18.8 Å². The molecule has 2 aromatic rings. The Morgan fingerprint density at radius 3 is 2.57 bits per heavy atom. The van der Waals surface area contributed by atoms with Gasteiger partial charge in [0.1, 0.15) is 11.8 Å². The largest absolute Gasteiger partial charge is 0.467 e. The van der Waals surface area contributed by atoms with Crippen molar-refractivity contribution in [3.05, 3.63) is 54.5 Å². The third kappa shape index (κ3) is 2.88. The molecular formula is C17H16N2O4. The summed E-state index contributed by atoms with van der Waals surface area (Å²) in [5.74, 6) is -0.402. The highest BCUT2D eigenvalue weighted by Gasteiger charge is 2.43. The lowest BCUT2D eigenvalue weighted by Crippen LogP contribution is -2.44. The molecule has 1 atom stereocenters. The molecule has 1 saturated heterocycles. The van der Waals surface area contributed by atoms with Crippen LogP contribution in [-0.2, 0) is 20.9 Å². The number of carbonyl (C=O) groups is 3. The number of para-hydroxylation sites is 1. The fourth-order valence-corrected chi connectivity index (χ4v) is 2.72. The standard InChI is InChI=1S/C17H16N2O4/c1-12(20)18(11-14-8-5-9-23-14)15-10-16(21)19(17(15)22)13-6-3-2-4-7-13/h2-9,15H,10-11H2,1H3/t15-/m0/s1. The highest BCUT2D eigenvalue weighted by molar-refractivity contribution is 6.22. The fraction of sp³-hybridized carbons (Fsp3) is 0.235. The maximum absolute atomic E-state index is 12.7. The van der Waals surface area contributed by atoms with E-state index in [0.29, 0.717) is 11.4 Å². The molecule has 6 heteroatoms. The van der Waals surface area contributed by atoms with Gasteiger partial charge in [0, 0.05) is 6.92 Å². The van der Waals surface area contributed by atoms with E-state index in [4.69, 9.17) is 4.42 Å². The lowest BCUT2D eigenvalue weighted by Gasteiger charge is -2.25. The Morgan fingerprint density at radius 1 is 1.22 bits per heavy atom. The van der Waals surface area contributed by atoms with Crippen LogP contribution in [0.3, 0.4) is 0 Å². The van der Waals surface area contributed by atoms with Gasteiger partial charge in [-0.2, -0.15) is 0 Å². The molecule has 118 valence electrons. The maximum atomic E-state index is 12.7. The van der Waals surface area contributed by atoms with Crippen LogP contribution < -0.4 is 4.90 Å². The molecule has 6 nitrogen and oxygen atoms in total. The first-order valence-corrected chi connectivity index (χ1v) is 7.29. The Kier molecular flexibility index (Phi) is 3.97. The topological polar surface area (TPSA) is 70.8 Å². The Morgan fingerprint density at radius 2 is 1.96 bits per heavy atom. The van der Waals surface area contributed by atoms with Gasteiger partial charge in [0.15, 0.2) is 0 Å². The Bertz CT molecular complexity index is 724. The number of hydrogen-bond acceptors (Lipinski definition) is 4. The van der Waals surface area contributed by atoms with Gasteiger partial charge in [-0.15, -0.1) is 0 Å². The zero-order valence-corrected chi connectivity index (χ0v) is 12.6. The van der Waals surface area contributed by atoms with Crippen molar-refractivity contribution in [2.75, 3.05) is 4.90 Å². The van der Waals surface area contributed by atoms with Crippen LogP contribution in [0.2, 0.25) is 0 Å². The van der Waals surface area contributed by atoms with Crippen LogP contribution in [-0.4, -0.2) is 28.7 Å². The second kappa shape index (κ2) is 6.08. The summed E-state index contributed by atoms with van der Waals surface area (Å²) in [7, 11) is 0. The molecular weight excluding hydrogens is 296 g/mol. The van der Waals surface area contributed by atoms with Gasteiger partial charge in [0.2, 0.25) is 11.8 Å². The lowest BCUT2D eigenvalue weighted by molar-refractivity contribution is -0.137. The molecule has 2 heterocycles. The van der Waals surface area contributed by atoms with E-state index in [-0.39, 0.29) is 30.7 Å². The molecule has 3 rings (SSSR count). The average molecular weight is 312 g/mol. The Hall–Kier alpha value is -2.89. The minimum Gasteiger partial charge on any atom is -0.467 e. The van der Waals surface area contributed by atoms with Crippen molar-refractivity contribution in [3.63, 3.8) is 0 Å². The van der Waals surface area contributed by atoms with Crippen molar-refractivity contribution in [2.45, 2.75) is 25.9 Å². The molecule has 3 amide bonds. The van der Waals surface area contributed by atoms with Crippen molar-refractivity contribution in [1.82, 2.24) is 4.90 Å². The van der Waals surface area contributed by atoms with Gasteiger partial charge in [0.05, 0.1) is 24.9 Å². The van der Waals surface area contributed by atoms with Crippen molar-refractivity contribution in [2.24, 2.45) is 0 Å². The van der Waals surface area contributed by atoms with Crippen LogP contribution in [0, 0.1) is 0 Å². The minimum atomic E-state index is -0.801. The third-order valence-electron chi connectivity index (χ3n) is 3.82. The highest BCUT2D eigenvalue weighted by atomic mass is 16.3. The summed E-state index contributed by atoms with van der Waals surface area (Å²) in [6.45, 7) is 1.54. The number of nitrogens with zero attached hydrogens (tertiary/aromatic N) is 2. The van der Waals surface area contributed by atoms with E-state index in [1.165, 1.54) is 18.1 Å². The van der Waals surface area contributed by atoms with Gasteiger partial charge < -0.3 is 9.32 Å². The summed E-state index contributed by atoms with van der Waals surface area (Å²) in [6, 6.07) is 11.4. The van der Waals surface area contributed by atoms with Gasteiger partial charge in [-0.05, 0) is 24.3 Å². The summed E-state index contributed by atoms with van der Waals surface area (Å²) in [4.78, 5) is 39.4. The van der Waals surface area contributed by atoms with Crippen molar-refractivity contribution >= 4 is 23.4 Å². The molecule has 0 saturated carbocycles. The van der Waals surface area contributed by atoms with Crippen LogP contribution in [0.1, 0.15) is 19.1 Å². The highest BCUT2D eigenvalue weighted by Crippen LogP contribution is 2.26. The molecule has 0 spiro atoms. The van der Waals surface area contributed by atoms with Crippen molar-refractivity contribution in [1.29, 1.82) is 0 Å². The quantitative estimate of drug-likeness (QED) is 0.809. The van der Waals surface area contributed by atoms with Gasteiger partial charge in [0.25, 0.3) is 5.91 Å². The zero-order valence-electron chi connectivity index (χ0n) is 12.6. The summed E-state index contributed by atoms with van der Waals surface area (Å²) in [6.07, 6.45) is 1.49. The number of rotatable bonds is 4. The fourth-order valence-electron chi connectivity index (χ4n) is 2.72. The summed E-state index contributed by atoms with van der Waals surface area (Å²) < 4.78 is 5.24. The van der Waals surface area contributed by atoms with Gasteiger partial charge in [-0.25, -0.2) is 4.90 Å². The van der Waals surface area contributed by atoms with Crippen LogP contribution in [0.5, 0.6) is 0 Å². The first kappa shape index (κ1) is 15.0. The van der Waals surface area contributed by atoms with Crippen LogP contribution in [0.25, 0.3) is 0 Å². The summed E-state index contributed by atoms with van der Waals surface area (Å²) in [5, 5.41) is 0. The van der Waals surface area contributed by atoms with E-state index in [2.05, 4.69) is 0 Å². The van der Waals surface area contributed by atoms with Crippen LogP contribution in [0.15, 0.2) is 53.1 Å². The summed E-state index contributed by atoms with van der Waals surface area (Å²) >= 11 is 0. The molecule has 0 unspecified atom stereocenters. The molecule has 1 aliphatic heterocycles. The Labute approximate surface area is 133 Å². The first-order chi connectivity index (χ1) is 11.1. The number of carbonyl (C=O) groups excluding carboxylic acids is 3. The zero-order chi connectivity index (χ0) is 16.4. The number of hydrogen-bond donors (Lipinski definition) is 0. The predicted octanol–water partition coefficient (Wildman–Crippen LogP) is 1.96. The number of imide groups is 1. The van der Waals surface area contributed by atoms with E-state index in [0.717, 1.165) is 4.90 Å². The lowest BCUT2D eigenvalue weighted by atomic mass is 10.2. The molecule has 0 radical (unpaired) electrons. The summed E-state index contributed by atoms with van der Waals surface area (Å²) in [5.41, 5.74) is 0.520. The van der Waals surface area contributed by atoms with Crippen LogP contribution >= 0.6 is 0 Å². The molecule has 0 aliphatic carbocycles. The first-order valence-electron chi connectivity index (χ1n) is 7.29. The number of benzene rings is 1.